The van der Waals surface area contributed by atoms with Crippen molar-refractivity contribution in [3.63, 3.8) is 0 Å². The second-order valence-electron chi connectivity index (χ2n) is 3.83. The van der Waals surface area contributed by atoms with Crippen molar-refractivity contribution in [1.82, 2.24) is 10.2 Å². The third kappa shape index (κ3) is 6.17. The van der Waals surface area contributed by atoms with E-state index in [2.05, 4.69) is 37.6 Å². The van der Waals surface area contributed by atoms with Crippen molar-refractivity contribution < 1.29 is 0 Å². The molecular weight excluding hydrogens is 172 g/mol. The zero-order valence-corrected chi connectivity index (χ0v) is 10.1. The fraction of sp³-hybridized carbons (Fsp3) is 0.833. The summed E-state index contributed by atoms with van der Waals surface area (Å²) in [6.45, 7) is 14.9. The van der Waals surface area contributed by atoms with Crippen molar-refractivity contribution >= 4 is 0 Å². The van der Waals surface area contributed by atoms with Gasteiger partial charge in [0.2, 0.25) is 0 Å². The highest BCUT2D eigenvalue weighted by molar-refractivity contribution is 4.74. The molecule has 0 amide bonds. The topological polar surface area (TPSA) is 15.3 Å². The van der Waals surface area contributed by atoms with Gasteiger partial charge in [0.05, 0.1) is 0 Å². The minimum absolute atomic E-state index is 0.634. The van der Waals surface area contributed by atoms with E-state index in [0.717, 1.165) is 13.1 Å². The Balaban J connectivity index is 3.74. The summed E-state index contributed by atoms with van der Waals surface area (Å²) in [5.41, 5.74) is 0. The lowest BCUT2D eigenvalue weighted by molar-refractivity contribution is 0.206. The predicted octanol–water partition coefficient (Wildman–Crippen LogP) is 2.27. The van der Waals surface area contributed by atoms with E-state index in [1.54, 1.807) is 0 Å². The van der Waals surface area contributed by atoms with Gasteiger partial charge in [-0.1, -0.05) is 19.9 Å². The van der Waals surface area contributed by atoms with Crippen LogP contribution in [-0.2, 0) is 0 Å². The molecule has 0 rings (SSSR count). The summed E-state index contributed by atoms with van der Waals surface area (Å²) in [5.74, 6) is 0. The maximum absolute atomic E-state index is 3.70. The third-order valence-electron chi connectivity index (χ3n) is 2.37. The summed E-state index contributed by atoms with van der Waals surface area (Å²) >= 11 is 0. The lowest BCUT2D eigenvalue weighted by Gasteiger charge is -2.28. The van der Waals surface area contributed by atoms with Gasteiger partial charge in [0.1, 0.15) is 0 Å². The first kappa shape index (κ1) is 13.7. The van der Waals surface area contributed by atoms with Crippen molar-refractivity contribution in [2.75, 3.05) is 26.2 Å². The van der Waals surface area contributed by atoms with E-state index >= 15 is 0 Å². The normalized spacial score (nSPS) is 13.1. The molecule has 0 aliphatic heterocycles. The average molecular weight is 198 g/mol. The van der Waals surface area contributed by atoms with Crippen LogP contribution in [0.3, 0.4) is 0 Å². The first-order chi connectivity index (χ1) is 6.76. The van der Waals surface area contributed by atoms with E-state index in [0.29, 0.717) is 6.04 Å². The van der Waals surface area contributed by atoms with Gasteiger partial charge in [-0.2, -0.15) is 0 Å². The molecule has 0 spiro atoms. The summed E-state index contributed by atoms with van der Waals surface area (Å²) in [7, 11) is 0. The summed E-state index contributed by atoms with van der Waals surface area (Å²) in [6, 6.07) is 0.634. The second kappa shape index (κ2) is 9.22. The molecule has 0 aliphatic carbocycles. The van der Waals surface area contributed by atoms with Crippen LogP contribution in [0.5, 0.6) is 0 Å². The van der Waals surface area contributed by atoms with Gasteiger partial charge in [-0.25, -0.2) is 0 Å². The number of hydrogen-bond acceptors (Lipinski definition) is 2. The Bertz CT molecular complexity index is 128. The highest BCUT2D eigenvalue weighted by Gasteiger charge is 2.10. The van der Waals surface area contributed by atoms with E-state index in [-0.39, 0.29) is 0 Å². The van der Waals surface area contributed by atoms with Crippen LogP contribution in [0.2, 0.25) is 0 Å². The number of nitrogens with zero attached hydrogens (tertiary/aromatic N) is 1. The Morgan fingerprint density at radius 2 is 1.86 bits per heavy atom. The SMILES string of the molecule is C=CCNCC(C)N(CCC)CCC. The van der Waals surface area contributed by atoms with Gasteiger partial charge < -0.3 is 5.32 Å². The maximum Gasteiger partial charge on any atom is 0.0192 e. The molecule has 0 heterocycles. The highest BCUT2D eigenvalue weighted by Crippen LogP contribution is 2.00. The number of nitrogens with one attached hydrogen (secondary N) is 1. The Morgan fingerprint density at radius 3 is 2.29 bits per heavy atom. The molecule has 1 atom stereocenters. The van der Waals surface area contributed by atoms with E-state index < -0.39 is 0 Å². The minimum atomic E-state index is 0.634. The Morgan fingerprint density at radius 1 is 1.29 bits per heavy atom. The van der Waals surface area contributed by atoms with Gasteiger partial charge >= 0.3 is 0 Å². The third-order valence-corrected chi connectivity index (χ3v) is 2.37. The first-order valence-electron chi connectivity index (χ1n) is 5.81. The predicted molar refractivity (Wildman–Crippen MR) is 64.7 cm³/mol. The smallest absolute Gasteiger partial charge is 0.0192 e. The molecule has 0 aromatic heterocycles. The fourth-order valence-corrected chi connectivity index (χ4v) is 1.65. The zero-order valence-electron chi connectivity index (χ0n) is 10.1. The maximum atomic E-state index is 3.70. The van der Waals surface area contributed by atoms with E-state index in [1.807, 2.05) is 6.08 Å². The van der Waals surface area contributed by atoms with Gasteiger partial charge in [-0.15, -0.1) is 6.58 Å². The molecule has 2 heteroatoms. The molecule has 0 aromatic carbocycles. The van der Waals surface area contributed by atoms with Crippen molar-refractivity contribution in [1.29, 1.82) is 0 Å². The Hall–Kier alpha value is -0.340. The second-order valence-corrected chi connectivity index (χ2v) is 3.83. The molecule has 0 radical (unpaired) electrons. The molecule has 1 unspecified atom stereocenters. The Kier molecular flexibility index (Phi) is 9.00. The summed E-state index contributed by atoms with van der Waals surface area (Å²) in [5, 5.41) is 3.37. The zero-order chi connectivity index (χ0) is 10.8. The molecular formula is C12H26N2. The largest absolute Gasteiger partial charge is 0.312 e. The van der Waals surface area contributed by atoms with Gasteiger partial charge in [-0.3, -0.25) is 4.90 Å². The van der Waals surface area contributed by atoms with Crippen molar-refractivity contribution in [3.8, 4) is 0 Å². The Labute approximate surface area is 89.4 Å². The summed E-state index contributed by atoms with van der Waals surface area (Å²) in [6.07, 6.45) is 4.40. The van der Waals surface area contributed by atoms with Crippen LogP contribution in [0, 0.1) is 0 Å². The van der Waals surface area contributed by atoms with Crippen LogP contribution in [0.1, 0.15) is 33.6 Å². The van der Waals surface area contributed by atoms with Crippen LogP contribution in [-0.4, -0.2) is 37.1 Å². The molecule has 14 heavy (non-hydrogen) atoms. The van der Waals surface area contributed by atoms with E-state index in [9.17, 15) is 0 Å². The van der Waals surface area contributed by atoms with Crippen molar-refractivity contribution in [2.45, 2.75) is 39.7 Å². The van der Waals surface area contributed by atoms with Crippen molar-refractivity contribution in [2.24, 2.45) is 0 Å². The van der Waals surface area contributed by atoms with E-state index in [1.165, 1.54) is 25.9 Å². The van der Waals surface area contributed by atoms with Crippen LogP contribution in [0.15, 0.2) is 12.7 Å². The van der Waals surface area contributed by atoms with Crippen LogP contribution < -0.4 is 5.32 Å². The van der Waals surface area contributed by atoms with Gasteiger partial charge in [0.25, 0.3) is 0 Å². The lowest BCUT2D eigenvalue weighted by Crippen LogP contribution is -2.41. The highest BCUT2D eigenvalue weighted by atomic mass is 15.2. The first-order valence-corrected chi connectivity index (χ1v) is 5.81. The molecule has 0 saturated heterocycles. The van der Waals surface area contributed by atoms with Gasteiger partial charge in [0.15, 0.2) is 0 Å². The fourth-order valence-electron chi connectivity index (χ4n) is 1.65. The van der Waals surface area contributed by atoms with Crippen LogP contribution >= 0.6 is 0 Å². The monoisotopic (exact) mass is 198 g/mol. The summed E-state index contributed by atoms with van der Waals surface area (Å²) in [4.78, 5) is 2.55. The van der Waals surface area contributed by atoms with Crippen molar-refractivity contribution in [3.05, 3.63) is 12.7 Å². The molecule has 1 N–H and O–H groups in total. The van der Waals surface area contributed by atoms with E-state index in [4.69, 9.17) is 0 Å². The molecule has 0 bridgehead atoms. The molecule has 0 aliphatic rings. The quantitative estimate of drug-likeness (QED) is 0.452. The van der Waals surface area contributed by atoms with Crippen LogP contribution in [0.25, 0.3) is 0 Å². The molecule has 84 valence electrons. The molecule has 2 nitrogen and oxygen atoms in total. The molecule has 0 fully saturated rings. The molecule has 0 saturated carbocycles. The van der Waals surface area contributed by atoms with Crippen LogP contribution in [0.4, 0.5) is 0 Å². The summed E-state index contributed by atoms with van der Waals surface area (Å²) < 4.78 is 0. The van der Waals surface area contributed by atoms with Gasteiger partial charge in [0, 0.05) is 19.1 Å². The number of rotatable bonds is 9. The lowest BCUT2D eigenvalue weighted by atomic mass is 10.2. The standard InChI is InChI=1S/C12H26N2/c1-5-8-13-11-12(4)14(9-6-2)10-7-3/h5,12-13H,1,6-11H2,2-4H3. The minimum Gasteiger partial charge on any atom is -0.312 e. The van der Waals surface area contributed by atoms with Gasteiger partial charge in [-0.05, 0) is 32.9 Å². The number of hydrogen-bond donors (Lipinski definition) is 1. The molecule has 0 aromatic rings. The average Bonchev–Trinajstić information content (AvgIpc) is 2.18.